The Hall–Kier alpha value is -0.550. The van der Waals surface area contributed by atoms with Crippen molar-refractivity contribution in [1.29, 1.82) is 0 Å². The predicted octanol–water partition coefficient (Wildman–Crippen LogP) is 4.11. The molecule has 0 radical (unpaired) electrons. The van der Waals surface area contributed by atoms with Gasteiger partial charge in [-0.05, 0) is 45.8 Å². The molecule has 0 aliphatic heterocycles. The van der Waals surface area contributed by atoms with Crippen LogP contribution in [0, 0.1) is 0 Å². The third kappa shape index (κ3) is 3.22. The summed E-state index contributed by atoms with van der Waals surface area (Å²) in [6, 6.07) is 9.55. The van der Waals surface area contributed by atoms with Gasteiger partial charge in [0.15, 0.2) is 0 Å². The Morgan fingerprint density at radius 2 is 2.18 bits per heavy atom. The van der Waals surface area contributed by atoms with Gasteiger partial charge in [0.05, 0.1) is 4.47 Å². The first kappa shape index (κ1) is 12.9. The molecule has 17 heavy (non-hydrogen) atoms. The minimum absolute atomic E-state index is 0.490. The summed E-state index contributed by atoms with van der Waals surface area (Å²) in [6.45, 7) is 0.490. The molecule has 0 saturated carbocycles. The Bertz CT molecular complexity index is 534. The quantitative estimate of drug-likeness (QED) is 0.921. The summed E-state index contributed by atoms with van der Waals surface area (Å²) < 4.78 is 0.966. The summed E-state index contributed by atoms with van der Waals surface area (Å²) in [4.78, 5) is 5.35. The Labute approximate surface area is 118 Å². The SMILES string of the molecule is NCc1ccc(Cl)cc1Sc1ncccc1Br. The van der Waals surface area contributed by atoms with E-state index in [1.54, 1.807) is 18.0 Å². The van der Waals surface area contributed by atoms with Crippen LogP contribution in [0.2, 0.25) is 5.02 Å². The molecule has 2 aromatic rings. The summed E-state index contributed by atoms with van der Waals surface area (Å²) in [5, 5.41) is 1.61. The van der Waals surface area contributed by atoms with Crippen LogP contribution in [-0.4, -0.2) is 4.98 Å². The van der Waals surface area contributed by atoms with Gasteiger partial charge in [0, 0.05) is 22.7 Å². The van der Waals surface area contributed by atoms with Crippen LogP contribution in [0.5, 0.6) is 0 Å². The van der Waals surface area contributed by atoms with Gasteiger partial charge in [-0.25, -0.2) is 4.98 Å². The van der Waals surface area contributed by atoms with Crippen molar-refractivity contribution in [2.75, 3.05) is 0 Å². The smallest absolute Gasteiger partial charge is 0.115 e. The van der Waals surface area contributed by atoms with Crippen molar-refractivity contribution < 1.29 is 0 Å². The van der Waals surface area contributed by atoms with E-state index in [-0.39, 0.29) is 0 Å². The van der Waals surface area contributed by atoms with Crippen molar-refractivity contribution in [3.8, 4) is 0 Å². The zero-order valence-electron chi connectivity index (χ0n) is 8.86. The second kappa shape index (κ2) is 5.87. The highest BCUT2D eigenvalue weighted by Crippen LogP contribution is 2.34. The van der Waals surface area contributed by atoms with Crippen LogP contribution in [0.4, 0.5) is 0 Å². The Morgan fingerprint density at radius 1 is 1.35 bits per heavy atom. The lowest BCUT2D eigenvalue weighted by Gasteiger charge is -2.08. The second-order valence-electron chi connectivity index (χ2n) is 3.35. The van der Waals surface area contributed by atoms with Gasteiger partial charge >= 0.3 is 0 Å². The zero-order valence-corrected chi connectivity index (χ0v) is 12.0. The lowest BCUT2D eigenvalue weighted by Crippen LogP contribution is -1.98. The summed E-state index contributed by atoms with van der Waals surface area (Å²) in [5.41, 5.74) is 6.77. The van der Waals surface area contributed by atoms with Crippen molar-refractivity contribution >= 4 is 39.3 Å². The molecule has 0 unspecified atom stereocenters. The fourth-order valence-corrected chi connectivity index (χ4v) is 3.03. The van der Waals surface area contributed by atoms with Crippen LogP contribution >= 0.6 is 39.3 Å². The molecular weight excluding hydrogens is 320 g/mol. The number of benzene rings is 1. The Kier molecular flexibility index (Phi) is 4.45. The molecule has 5 heteroatoms. The van der Waals surface area contributed by atoms with Gasteiger partial charge in [-0.15, -0.1) is 0 Å². The number of aromatic nitrogens is 1. The van der Waals surface area contributed by atoms with Crippen LogP contribution < -0.4 is 5.73 Å². The lowest BCUT2D eigenvalue weighted by molar-refractivity contribution is 1.02. The molecule has 1 aromatic heterocycles. The van der Waals surface area contributed by atoms with E-state index in [0.29, 0.717) is 11.6 Å². The Balaban J connectivity index is 2.35. The van der Waals surface area contributed by atoms with Crippen molar-refractivity contribution in [3.05, 3.63) is 51.6 Å². The number of nitrogens with two attached hydrogens (primary N) is 1. The molecule has 0 bridgehead atoms. The molecule has 2 N–H and O–H groups in total. The molecule has 0 spiro atoms. The van der Waals surface area contributed by atoms with Gasteiger partial charge in [-0.2, -0.15) is 0 Å². The Morgan fingerprint density at radius 3 is 2.88 bits per heavy atom. The normalized spacial score (nSPS) is 10.5. The number of nitrogens with zero attached hydrogens (tertiary/aromatic N) is 1. The van der Waals surface area contributed by atoms with Crippen LogP contribution in [-0.2, 0) is 6.54 Å². The van der Waals surface area contributed by atoms with Crippen molar-refractivity contribution in [2.24, 2.45) is 5.73 Å². The van der Waals surface area contributed by atoms with E-state index in [1.165, 1.54) is 0 Å². The zero-order chi connectivity index (χ0) is 12.3. The molecule has 0 fully saturated rings. The van der Waals surface area contributed by atoms with Gasteiger partial charge in [0.1, 0.15) is 5.03 Å². The minimum Gasteiger partial charge on any atom is -0.326 e. The third-order valence-electron chi connectivity index (χ3n) is 2.18. The minimum atomic E-state index is 0.490. The summed E-state index contributed by atoms with van der Waals surface area (Å²) in [6.07, 6.45) is 1.76. The van der Waals surface area contributed by atoms with Gasteiger partial charge in [0.2, 0.25) is 0 Å². The fourth-order valence-electron chi connectivity index (χ4n) is 1.34. The first-order valence-electron chi connectivity index (χ1n) is 4.97. The monoisotopic (exact) mass is 328 g/mol. The maximum atomic E-state index is 5.99. The molecule has 88 valence electrons. The third-order valence-corrected chi connectivity index (χ3v) is 4.44. The van der Waals surface area contributed by atoms with Crippen molar-refractivity contribution in [1.82, 2.24) is 4.98 Å². The standard InChI is InChI=1S/C12H10BrClN2S/c13-10-2-1-5-16-12(10)17-11-6-9(14)4-3-8(11)7-15/h1-6H,7,15H2. The second-order valence-corrected chi connectivity index (χ2v) is 5.67. The van der Waals surface area contributed by atoms with Gasteiger partial charge in [-0.1, -0.05) is 29.4 Å². The fraction of sp³-hybridized carbons (Fsp3) is 0.0833. The van der Waals surface area contributed by atoms with E-state index >= 15 is 0 Å². The van der Waals surface area contributed by atoms with Crippen LogP contribution in [0.1, 0.15) is 5.56 Å². The molecular formula is C12H10BrClN2S. The van der Waals surface area contributed by atoms with Crippen LogP contribution in [0.15, 0.2) is 50.9 Å². The average Bonchev–Trinajstić information content (AvgIpc) is 2.32. The molecule has 0 aliphatic rings. The van der Waals surface area contributed by atoms with Crippen LogP contribution in [0.25, 0.3) is 0 Å². The van der Waals surface area contributed by atoms with E-state index in [0.717, 1.165) is 20.0 Å². The molecule has 0 aliphatic carbocycles. The first-order valence-corrected chi connectivity index (χ1v) is 6.96. The van der Waals surface area contributed by atoms with E-state index in [9.17, 15) is 0 Å². The van der Waals surface area contributed by atoms with E-state index in [1.807, 2.05) is 30.3 Å². The molecule has 0 atom stereocenters. The highest BCUT2D eigenvalue weighted by atomic mass is 79.9. The lowest BCUT2D eigenvalue weighted by atomic mass is 10.2. The molecule has 0 saturated heterocycles. The maximum absolute atomic E-state index is 5.99. The number of hydrogen-bond donors (Lipinski definition) is 1. The van der Waals surface area contributed by atoms with Crippen LogP contribution in [0.3, 0.4) is 0 Å². The molecule has 1 heterocycles. The summed E-state index contributed by atoms with van der Waals surface area (Å²) >= 11 is 11.0. The van der Waals surface area contributed by atoms with E-state index in [2.05, 4.69) is 20.9 Å². The number of rotatable bonds is 3. The summed E-state index contributed by atoms with van der Waals surface area (Å²) in [5.74, 6) is 0. The topological polar surface area (TPSA) is 38.9 Å². The highest BCUT2D eigenvalue weighted by Gasteiger charge is 2.07. The largest absolute Gasteiger partial charge is 0.326 e. The molecule has 2 rings (SSSR count). The van der Waals surface area contributed by atoms with E-state index < -0.39 is 0 Å². The van der Waals surface area contributed by atoms with Gasteiger partial charge < -0.3 is 5.73 Å². The van der Waals surface area contributed by atoms with Crippen molar-refractivity contribution in [2.45, 2.75) is 16.5 Å². The predicted molar refractivity (Wildman–Crippen MR) is 75.4 cm³/mol. The van der Waals surface area contributed by atoms with E-state index in [4.69, 9.17) is 17.3 Å². The molecule has 1 aromatic carbocycles. The molecule has 2 nitrogen and oxygen atoms in total. The highest BCUT2D eigenvalue weighted by molar-refractivity contribution is 9.10. The van der Waals surface area contributed by atoms with Crippen molar-refractivity contribution in [3.63, 3.8) is 0 Å². The summed E-state index contributed by atoms with van der Waals surface area (Å²) in [7, 11) is 0. The average molecular weight is 330 g/mol. The maximum Gasteiger partial charge on any atom is 0.115 e. The number of hydrogen-bond acceptors (Lipinski definition) is 3. The number of pyridine rings is 1. The van der Waals surface area contributed by atoms with Gasteiger partial charge in [-0.3, -0.25) is 0 Å². The number of halogens is 2. The molecule has 0 amide bonds. The van der Waals surface area contributed by atoms with Gasteiger partial charge in [0.25, 0.3) is 0 Å². The first-order chi connectivity index (χ1) is 8.20.